The van der Waals surface area contributed by atoms with E-state index in [0.717, 1.165) is 37.2 Å². The molecule has 12 heteroatoms. The lowest BCUT2D eigenvalue weighted by Crippen LogP contribution is -2.39. The first-order valence-corrected chi connectivity index (χ1v) is 15.1. The molecular weight excluding hydrogens is 506 g/mol. The van der Waals surface area contributed by atoms with Crippen molar-refractivity contribution in [1.82, 2.24) is 9.80 Å². The monoisotopic (exact) mass is 541 g/mol. The van der Waals surface area contributed by atoms with Crippen molar-refractivity contribution >= 4 is 31.7 Å². The maximum Gasteiger partial charge on any atom is 0.261 e. The highest BCUT2D eigenvalue weighted by molar-refractivity contribution is 7.92. The molecule has 1 saturated heterocycles. The number of likely N-dealkylation sites (N-methyl/N-ethyl adjacent to an activating group) is 1. The van der Waals surface area contributed by atoms with Gasteiger partial charge in [0, 0.05) is 13.6 Å². The van der Waals surface area contributed by atoms with Crippen LogP contribution in [0.15, 0.2) is 48.5 Å². The van der Waals surface area contributed by atoms with E-state index in [4.69, 9.17) is 9.29 Å². The number of hydrogen-bond acceptors (Lipinski definition) is 7. The van der Waals surface area contributed by atoms with Crippen molar-refractivity contribution in [2.45, 2.75) is 25.3 Å². The van der Waals surface area contributed by atoms with Crippen molar-refractivity contribution in [2.24, 2.45) is 0 Å². The standard InChI is InChI=1S/C23H31N3O4S.CH4O3S/c1-25(23(27)16-18-9-4-5-12-21(18)24-31(3,28)29)22(17-26-13-6-7-14-26)19-10-8-11-20(15-19)30-2;1-5(2,3)4/h4-5,8-12,15,22,24H,6-7,13-14,16-17H2,1-3H3;1H3,(H,2,3,4). The van der Waals surface area contributed by atoms with Crippen LogP contribution in [0.4, 0.5) is 5.69 Å². The van der Waals surface area contributed by atoms with Gasteiger partial charge in [0.25, 0.3) is 10.1 Å². The highest BCUT2D eigenvalue weighted by atomic mass is 32.2. The van der Waals surface area contributed by atoms with Gasteiger partial charge < -0.3 is 14.5 Å². The molecule has 36 heavy (non-hydrogen) atoms. The number of rotatable bonds is 9. The van der Waals surface area contributed by atoms with E-state index in [-0.39, 0.29) is 18.4 Å². The van der Waals surface area contributed by atoms with E-state index in [0.29, 0.717) is 17.5 Å². The van der Waals surface area contributed by atoms with Crippen molar-refractivity contribution in [3.8, 4) is 5.75 Å². The number of nitrogens with zero attached hydrogens (tertiary/aromatic N) is 2. The Labute approximate surface area is 214 Å². The summed E-state index contributed by atoms with van der Waals surface area (Å²) in [6.07, 6.45) is 4.27. The molecule has 0 aromatic heterocycles. The zero-order valence-corrected chi connectivity index (χ0v) is 22.7. The lowest BCUT2D eigenvalue weighted by molar-refractivity contribution is -0.131. The van der Waals surface area contributed by atoms with Crippen molar-refractivity contribution in [3.63, 3.8) is 0 Å². The van der Waals surface area contributed by atoms with Crippen molar-refractivity contribution in [3.05, 3.63) is 59.7 Å². The van der Waals surface area contributed by atoms with Gasteiger partial charge in [0.15, 0.2) is 0 Å². The summed E-state index contributed by atoms with van der Waals surface area (Å²) < 4.78 is 57.2. The summed E-state index contributed by atoms with van der Waals surface area (Å²) in [7, 11) is -3.65. The molecule has 1 heterocycles. The summed E-state index contributed by atoms with van der Waals surface area (Å²) in [6, 6.07) is 14.7. The SMILES string of the molecule is COc1cccc(C(CN2CCCC2)N(C)C(=O)Cc2ccccc2NS(C)(=O)=O)c1.CS(=O)(=O)O. The van der Waals surface area contributed by atoms with Crippen LogP contribution in [0.3, 0.4) is 0 Å². The lowest BCUT2D eigenvalue weighted by atomic mass is 10.0. The Bertz CT molecular complexity index is 1220. The van der Waals surface area contributed by atoms with E-state index >= 15 is 0 Å². The van der Waals surface area contributed by atoms with E-state index in [9.17, 15) is 21.6 Å². The van der Waals surface area contributed by atoms with Crippen LogP contribution in [-0.2, 0) is 31.4 Å². The average Bonchev–Trinajstić information content (AvgIpc) is 3.29. The van der Waals surface area contributed by atoms with Gasteiger partial charge in [-0.1, -0.05) is 30.3 Å². The average molecular weight is 542 g/mol. The third-order valence-corrected chi connectivity index (χ3v) is 6.21. The Hall–Kier alpha value is -2.67. The lowest BCUT2D eigenvalue weighted by Gasteiger charge is -2.32. The summed E-state index contributed by atoms with van der Waals surface area (Å²) in [5.74, 6) is 0.683. The van der Waals surface area contributed by atoms with Gasteiger partial charge in [-0.25, -0.2) is 8.42 Å². The number of likely N-dealkylation sites (tertiary alicyclic amines) is 1. The molecule has 0 saturated carbocycles. The second-order valence-electron chi connectivity index (χ2n) is 8.75. The number of para-hydroxylation sites is 1. The Kier molecular flexibility index (Phi) is 10.7. The summed E-state index contributed by atoms with van der Waals surface area (Å²) in [5, 5.41) is 0. The minimum absolute atomic E-state index is 0.0743. The Morgan fingerprint density at radius 1 is 1.08 bits per heavy atom. The van der Waals surface area contributed by atoms with E-state index < -0.39 is 20.1 Å². The normalized spacial score (nSPS) is 14.9. The molecule has 0 radical (unpaired) electrons. The van der Waals surface area contributed by atoms with Crippen LogP contribution >= 0.6 is 0 Å². The van der Waals surface area contributed by atoms with Gasteiger partial charge in [0.05, 0.1) is 37.8 Å². The molecule has 200 valence electrons. The maximum absolute atomic E-state index is 13.3. The van der Waals surface area contributed by atoms with Crippen LogP contribution < -0.4 is 9.46 Å². The van der Waals surface area contributed by atoms with Crippen LogP contribution in [0, 0.1) is 0 Å². The molecule has 0 bridgehead atoms. The van der Waals surface area contributed by atoms with Gasteiger partial charge >= 0.3 is 0 Å². The van der Waals surface area contributed by atoms with Crippen molar-refractivity contribution < 1.29 is 30.9 Å². The van der Waals surface area contributed by atoms with E-state index in [1.165, 1.54) is 12.8 Å². The smallest absolute Gasteiger partial charge is 0.261 e. The first kappa shape index (κ1) is 29.6. The van der Waals surface area contributed by atoms with Crippen LogP contribution in [-0.4, -0.2) is 83.4 Å². The highest BCUT2D eigenvalue weighted by Gasteiger charge is 2.26. The predicted molar refractivity (Wildman–Crippen MR) is 140 cm³/mol. The topological polar surface area (TPSA) is 133 Å². The summed E-state index contributed by atoms with van der Waals surface area (Å²) >= 11 is 0. The zero-order valence-electron chi connectivity index (χ0n) is 21.0. The molecule has 1 unspecified atom stereocenters. The van der Waals surface area contributed by atoms with E-state index in [1.807, 2.05) is 31.3 Å². The second kappa shape index (κ2) is 13.0. The number of ether oxygens (including phenoxy) is 1. The van der Waals surface area contributed by atoms with Crippen LogP contribution in [0.5, 0.6) is 5.75 Å². The minimum atomic E-state index is -3.67. The fourth-order valence-electron chi connectivity index (χ4n) is 3.95. The molecule has 1 aliphatic heterocycles. The number of anilines is 1. The number of amides is 1. The van der Waals surface area contributed by atoms with Crippen molar-refractivity contribution in [1.29, 1.82) is 0 Å². The maximum atomic E-state index is 13.3. The minimum Gasteiger partial charge on any atom is -0.497 e. The Morgan fingerprint density at radius 2 is 1.69 bits per heavy atom. The number of benzene rings is 2. The molecule has 2 N–H and O–H groups in total. The van der Waals surface area contributed by atoms with Gasteiger partial charge in [0.1, 0.15) is 5.75 Å². The summed E-state index contributed by atoms with van der Waals surface area (Å²) in [5.41, 5.74) is 2.10. The molecule has 0 spiro atoms. The van der Waals surface area contributed by atoms with Crippen molar-refractivity contribution in [2.75, 3.05) is 51.0 Å². The van der Waals surface area contributed by atoms with Crippen LogP contribution in [0.25, 0.3) is 0 Å². The summed E-state index contributed by atoms with van der Waals surface area (Å²) in [6.45, 7) is 2.81. The molecule has 1 fully saturated rings. The van der Waals surface area contributed by atoms with Gasteiger partial charge in [-0.15, -0.1) is 0 Å². The zero-order chi connectivity index (χ0) is 26.9. The number of carbonyl (C=O) groups is 1. The largest absolute Gasteiger partial charge is 0.497 e. The number of nitrogens with one attached hydrogen (secondary N) is 1. The van der Waals surface area contributed by atoms with Gasteiger partial charge in [0.2, 0.25) is 15.9 Å². The molecule has 0 aliphatic carbocycles. The molecule has 1 aliphatic rings. The first-order valence-electron chi connectivity index (χ1n) is 11.4. The molecule has 1 amide bonds. The van der Waals surface area contributed by atoms with Gasteiger partial charge in [-0.3, -0.25) is 14.1 Å². The predicted octanol–water partition coefficient (Wildman–Crippen LogP) is 2.41. The van der Waals surface area contributed by atoms with E-state index in [2.05, 4.69) is 9.62 Å². The third-order valence-electron chi connectivity index (χ3n) is 5.62. The van der Waals surface area contributed by atoms with Crippen LogP contribution in [0.1, 0.15) is 30.0 Å². The quantitative estimate of drug-likeness (QED) is 0.463. The van der Waals surface area contributed by atoms with Gasteiger partial charge in [-0.05, 0) is 55.3 Å². The molecule has 3 rings (SSSR count). The third kappa shape index (κ3) is 10.5. The molecule has 2 aromatic carbocycles. The number of methoxy groups -OCH3 is 1. The van der Waals surface area contributed by atoms with Crippen LogP contribution in [0.2, 0.25) is 0 Å². The Balaban J connectivity index is 0.000000830. The first-order chi connectivity index (χ1) is 16.8. The number of hydrogen-bond donors (Lipinski definition) is 2. The number of carbonyl (C=O) groups excluding carboxylic acids is 1. The summed E-state index contributed by atoms with van der Waals surface area (Å²) in [4.78, 5) is 17.4. The molecule has 10 nitrogen and oxygen atoms in total. The number of sulfonamides is 1. The van der Waals surface area contributed by atoms with Gasteiger partial charge in [-0.2, -0.15) is 8.42 Å². The van der Waals surface area contributed by atoms with E-state index in [1.54, 1.807) is 36.3 Å². The Morgan fingerprint density at radius 3 is 2.28 bits per heavy atom. The fraction of sp³-hybridized carbons (Fsp3) is 0.458. The molecule has 1 atom stereocenters. The second-order valence-corrected chi connectivity index (χ2v) is 12.0. The fourth-order valence-corrected chi connectivity index (χ4v) is 4.54. The molecular formula is C24H35N3O7S2. The highest BCUT2D eigenvalue weighted by Crippen LogP contribution is 2.27. The molecule has 2 aromatic rings.